The van der Waals surface area contributed by atoms with E-state index in [4.69, 9.17) is 0 Å². The fourth-order valence-corrected chi connectivity index (χ4v) is 14.5. The molecular formula is C76H77N21O4. The maximum Gasteiger partial charge on any atom is 0.254 e. The minimum atomic E-state index is -0.202. The van der Waals surface area contributed by atoms with Gasteiger partial charge in [0.25, 0.3) is 17.7 Å². The van der Waals surface area contributed by atoms with Crippen LogP contribution in [0.2, 0.25) is 0 Å². The van der Waals surface area contributed by atoms with Gasteiger partial charge in [-0.1, -0.05) is 18.2 Å². The summed E-state index contributed by atoms with van der Waals surface area (Å²) >= 11 is 0. The highest BCUT2D eigenvalue weighted by Gasteiger charge is 2.31. The Morgan fingerprint density at radius 3 is 1.50 bits per heavy atom. The van der Waals surface area contributed by atoms with E-state index in [1.807, 2.05) is 133 Å². The third kappa shape index (κ3) is 12.7. The van der Waals surface area contributed by atoms with Crippen LogP contribution in [0.5, 0.6) is 0 Å². The molecule has 15 heterocycles. The van der Waals surface area contributed by atoms with E-state index in [1.165, 1.54) is 0 Å². The van der Waals surface area contributed by atoms with E-state index in [-0.39, 0.29) is 23.8 Å². The largest absolute Gasteiger partial charge is 0.393 e. The van der Waals surface area contributed by atoms with Crippen LogP contribution in [0, 0.1) is 6.92 Å². The van der Waals surface area contributed by atoms with E-state index in [1.54, 1.807) is 12.4 Å². The molecule has 510 valence electrons. The highest BCUT2D eigenvalue weighted by molar-refractivity contribution is 6.09. The van der Waals surface area contributed by atoms with Crippen molar-refractivity contribution in [3.05, 3.63) is 198 Å². The first kappa shape index (κ1) is 63.9. The number of fused-ring (bicyclic) bond motifs is 6. The first-order chi connectivity index (χ1) is 49.3. The van der Waals surface area contributed by atoms with Gasteiger partial charge in [-0.2, -0.15) is 0 Å². The molecular weight excluding hydrogens is 1270 g/mol. The number of pyridine rings is 5. The summed E-state index contributed by atoms with van der Waals surface area (Å²) in [5.41, 5.74) is 20.1. The number of likely N-dealkylation sites (N-methyl/N-ethyl adjacent to an activating group) is 2. The molecule has 12 aromatic rings. The number of hydrogen-bond donors (Lipinski definition) is 8. The number of nitrogens with zero attached hydrogens (tertiary/aromatic N) is 14. The highest BCUT2D eigenvalue weighted by Crippen LogP contribution is 2.41. The summed E-state index contributed by atoms with van der Waals surface area (Å²) < 4.78 is 3.98. The van der Waals surface area contributed by atoms with Gasteiger partial charge >= 0.3 is 0 Å². The number of piperazine rings is 2. The summed E-state index contributed by atoms with van der Waals surface area (Å²) in [6.45, 7) is 13.3. The van der Waals surface area contributed by atoms with Gasteiger partial charge in [0.15, 0.2) is 5.65 Å². The fraction of sp³-hybridized carbons (Fsp3) is 0.263. The molecule has 25 heteroatoms. The van der Waals surface area contributed by atoms with Crippen molar-refractivity contribution in [2.75, 3.05) is 110 Å². The first-order valence-electron chi connectivity index (χ1n) is 34.3. The number of benzene rings is 3. The standard InChI is InChI=1S/C26H27N7O.C26H26N6O2.C24H24N8O/c1-16-13-20(19-7-8-27-25(19)30-16)18-4-5-22(24-21(18)15-29-26(24)34)31-23-6-3-17(14-28-23)33-11-9-32(2)10-12-33;1-31-11-9-20-19(6-10-27-25(20)31)18-3-4-22(24-21(18)15-29-26(24)34)30-23-5-2-16(14-28-23)32-12-7-17(33)8-13-32;1-30-8-10-31(11-9-30)16-2-5-21(26-12-16)29-19-4-3-17(18-13-28-24(33)23(18)19)20-14-27-22-15-25-6-7-32(20)22/h3-8,13-14H,9-12,15H2,1-2H3,(H,27,30)(H,28,31)(H,29,34);2-6,9-11,14,17,33H,7-8,12-13,15H2,1H3,(H,28,30)(H,29,34);2-7,12,14-15H,8-11,13H2,1H3,(H,26,29)(H,28,33). The number of amides is 3. The smallest absolute Gasteiger partial charge is 0.254 e. The summed E-state index contributed by atoms with van der Waals surface area (Å²) in [7, 11) is 6.28. The van der Waals surface area contributed by atoms with Gasteiger partial charge in [0, 0.05) is 145 Å². The van der Waals surface area contributed by atoms with Crippen molar-refractivity contribution in [1.29, 1.82) is 0 Å². The molecule has 9 aromatic heterocycles. The van der Waals surface area contributed by atoms with Crippen LogP contribution in [-0.2, 0) is 26.7 Å². The normalized spacial score (nSPS) is 16.1. The number of aliphatic hydroxyl groups excluding tert-OH is 1. The number of hydrogen-bond acceptors (Lipinski definition) is 19. The van der Waals surface area contributed by atoms with Crippen molar-refractivity contribution in [1.82, 2.24) is 74.6 Å². The third-order valence-corrected chi connectivity index (χ3v) is 20.1. The molecule has 8 N–H and O–H groups in total. The molecule has 3 saturated heterocycles. The van der Waals surface area contributed by atoms with Crippen LogP contribution < -0.4 is 46.6 Å². The summed E-state index contributed by atoms with van der Waals surface area (Å²) in [6.07, 6.45) is 19.9. The molecule has 0 radical (unpaired) electrons. The van der Waals surface area contributed by atoms with Crippen molar-refractivity contribution in [3.8, 4) is 33.5 Å². The van der Waals surface area contributed by atoms with E-state index in [0.717, 1.165) is 202 Å². The minimum Gasteiger partial charge on any atom is -0.393 e. The summed E-state index contributed by atoms with van der Waals surface area (Å²) in [6, 6.07) is 32.3. The van der Waals surface area contributed by atoms with Gasteiger partial charge in [0.05, 0.1) is 93.6 Å². The molecule has 6 aliphatic heterocycles. The maximum atomic E-state index is 12.8. The summed E-state index contributed by atoms with van der Waals surface area (Å²) in [5, 5.41) is 30.9. The molecule has 3 fully saturated rings. The Balaban J connectivity index is 0.000000118. The number of rotatable bonds is 12. The molecule has 6 aliphatic rings. The van der Waals surface area contributed by atoms with E-state index >= 15 is 0 Å². The van der Waals surface area contributed by atoms with Gasteiger partial charge in [0.1, 0.15) is 28.7 Å². The Morgan fingerprint density at radius 2 is 0.980 bits per heavy atom. The Kier molecular flexibility index (Phi) is 17.2. The topological polar surface area (TPSA) is 275 Å². The molecule has 3 amide bonds. The van der Waals surface area contributed by atoms with Gasteiger partial charge in [-0.25, -0.2) is 29.9 Å². The van der Waals surface area contributed by atoms with Crippen LogP contribution in [-0.4, -0.2) is 167 Å². The van der Waals surface area contributed by atoms with Crippen molar-refractivity contribution in [2.45, 2.75) is 45.5 Å². The van der Waals surface area contributed by atoms with Crippen molar-refractivity contribution in [3.63, 3.8) is 0 Å². The molecule has 3 aromatic carbocycles. The zero-order chi connectivity index (χ0) is 68.8. The predicted octanol–water partition coefficient (Wildman–Crippen LogP) is 9.79. The number of carbonyl (C=O) groups excluding carboxylic acids is 3. The Morgan fingerprint density at radius 1 is 0.475 bits per heavy atom. The zero-order valence-corrected chi connectivity index (χ0v) is 56.6. The summed E-state index contributed by atoms with van der Waals surface area (Å²) in [4.78, 5) is 84.7. The minimum absolute atomic E-state index is 0.0653. The number of imidazole rings is 1. The molecule has 101 heavy (non-hydrogen) atoms. The first-order valence-corrected chi connectivity index (χ1v) is 34.3. The van der Waals surface area contributed by atoms with Gasteiger partial charge < -0.3 is 71.1 Å². The lowest BCUT2D eigenvalue weighted by Gasteiger charge is -2.33. The lowest BCUT2D eigenvalue weighted by Crippen LogP contribution is -2.44. The molecule has 0 spiro atoms. The van der Waals surface area contributed by atoms with Crippen LogP contribution in [0.25, 0.3) is 61.2 Å². The predicted molar refractivity (Wildman–Crippen MR) is 394 cm³/mol. The number of aryl methyl sites for hydroxylation is 2. The molecule has 25 nitrogen and oxygen atoms in total. The van der Waals surface area contributed by atoms with Crippen molar-refractivity contribution in [2.24, 2.45) is 7.05 Å². The maximum absolute atomic E-state index is 12.8. The van der Waals surface area contributed by atoms with E-state index in [0.29, 0.717) is 48.0 Å². The molecule has 18 rings (SSSR count). The molecule has 0 atom stereocenters. The number of carbonyl (C=O) groups is 3. The third-order valence-electron chi connectivity index (χ3n) is 20.1. The van der Waals surface area contributed by atoms with E-state index in [2.05, 4.69) is 147 Å². The highest BCUT2D eigenvalue weighted by atomic mass is 16.3. The average Bonchev–Trinajstić information content (AvgIpc) is 1.66. The van der Waals surface area contributed by atoms with Crippen LogP contribution in [0.15, 0.2) is 159 Å². The number of nitrogens with one attached hydrogen (secondary N) is 7. The van der Waals surface area contributed by atoms with Crippen molar-refractivity contribution < 1.29 is 19.5 Å². The fourth-order valence-electron chi connectivity index (χ4n) is 14.5. The van der Waals surface area contributed by atoms with Gasteiger partial charge in [-0.15, -0.1) is 0 Å². The second-order valence-corrected chi connectivity index (χ2v) is 26.5. The molecule has 0 aliphatic carbocycles. The van der Waals surface area contributed by atoms with Crippen molar-refractivity contribution >= 4 is 97.0 Å². The molecule has 0 unspecified atom stereocenters. The van der Waals surface area contributed by atoms with Crippen LogP contribution in [0.1, 0.15) is 66.3 Å². The van der Waals surface area contributed by atoms with E-state index < -0.39 is 0 Å². The Labute approximate surface area is 582 Å². The van der Waals surface area contributed by atoms with Crippen LogP contribution >= 0.6 is 0 Å². The SMILES string of the molecule is CN1CCN(c2ccc(Nc3ccc(-c4cnc5cnccn45)c4c3C(=O)NC4)nc2)CC1.Cc1cc(-c2ccc(Nc3ccc(N4CCN(C)CC4)cn3)c3c2CNC3=O)c2cc[nH]c2n1.Cn1ccc2c(-c3ccc(Nc4ccc(N5CCC(O)CC5)cn4)c4c3CNC4=O)ccnc21. The number of anilines is 9. The number of piperidine rings is 1. The summed E-state index contributed by atoms with van der Waals surface area (Å²) in [5.74, 6) is 1.89. The second-order valence-electron chi connectivity index (χ2n) is 26.5. The number of aliphatic hydroxyl groups is 1. The lowest BCUT2D eigenvalue weighted by molar-refractivity contribution is 0.0958. The quantitative estimate of drug-likeness (QED) is 0.0565. The number of aromatic nitrogens is 10. The van der Waals surface area contributed by atoms with Gasteiger partial charge in [-0.3, -0.25) is 23.8 Å². The monoisotopic (exact) mass is 1350 g/mol. The van der Waals surface area contributed by atoms with Gasteiger partial charge in [0.2, 0.25) is 0 Å². The number of aromatic amines is 1. The zero-order valence-electron chi connectivity index (χ0n) is 56.6. The second kappa shape index (κ2) is 27.1. The van der Waals surface area contributed by atoms with Crippen LogP contribution in [0.4, 0.5) is 51.6 Å². The van der Waals surface area contributed by atoms with Gasteiger partial charge in [-0.05, 0) is 152 Å². The van der Waals surface area contributed by atoms with Crippen LogP contribution in [0.3, 0.4) is 0 Å². The molecule has 0 saturated carbocycles. The Hall–Kier alpha value is -11.8. The lowest BCUT2D eigenvalue weighted by atomic mass is 9.94. The number of H-pyrrole nitrogens is 1. The van der Waals surface area contributed by atoms with E-state index in [9.17, 15) is 19.5 Å². The molecule has 0 bridgehead atoms. The average molecular weight is 1350 g/mol. The Bertz CT molecular complexity index is 5120.